The summed E-state index contributed by atoms with van der Waals surface area (Å²) < 4.78 is 112. The number of aliphatic hydroxyl groups is 1. The van der Waals surface area contributed by atoms with Gasteiger partial charge in [-0.2, -0.15) is 0 Å². The first-order valence-corrected chi connectivity index (χ1v) is 6.68. The van der Waals surface area contributed by atoms with Crippen molar-refractivity contribution in [3.05, 3.63) is 27.2 Å². The summed E-state index contributed by atoms with van der Waals surface area (Å²) in [6.07, 6.45) is -11.7. The van der Waals surface area contributed by atoms with Gasteiger partial charge in [0, 0.05) is 36.5 Å². The van der Waals surface area contributed by atoms with Crippen molar-refractivity contribution in [1.29, 1.82) is 0 Å². The summed E-state index contributed by atoms with van der Waals surface area (Å²) in [6, 6.07) is 0. The third kappa shape index (κ3) is 3.72. The van der Waals surface area contributed by atoms with Gasteiger partial charge in [0.15, 0.2) is 11.2 Å². The van der Waals surface area contributed by atoms with Crippen molar-refractivity contribution in [3.8, 4) is 0 Å². The molecule has 0 saturated carbocycles. The molecule has 2 heterocycles. The maximum absolute atomic E-state index is 13.3. The van der Waals surface area contributed by atoms with Crippen molar-refractivity contribution < 1.29 is 24.3 Å². The Balaban J connectivity index is 2.95. The van der Waals surface area contributed by atoms with E-state index in [-0.39, 0.29) is 22.3 Å². The highest BCUT2D eigenvalue weighted by molar-refractivity contribution is 5.69. The molecule has 2 aromatic rings. The molecule has 0 fully saturated rings. The van der Waals surface area contributed by atoms with Crippen LogP contribution in [0.3, 0.4) is 0 Å². The lowest BCUT2D eigenvalue weighted by molar-refractivity contribution is 0.0678. The van der Waals surface area contributed by atoms with Gasteiger partial charge in [0.25, 0.3) is 5.56 Å². The van der Waals surface area contributed by atoms with Crippen LogP contribution in [0.2, 0.25) is 0 Å². The topological polar surface area (TPSA) is 82.1 Å². The average Bonchev–Trinajstić information content (AvgIpc) is 3.13. The van der Waals surface area contributed by atoms with Crippen LogP contribution in [0.15, 0.2) is 15.9 Å². The quantitative estimate of drug-likeness (QED) is 0.823. The van der Waals surface area contributed by atoms with Crippen LogP contribution in [-0.2, 0) is 20.1 Å². The van der Waals surface area contributed by atoms with Gasteiger partial charge in [-0.15, -0.1) is 0 Å². The molecule has 0 amide bonds. The molecular weight excluding hydrogens is 296 g/mol. The summed E-state index contributed by atoms with van der Waals surface area (Å²) in [4.78, 5) is 30.2. The Kier molecular flexibility index (Phi) is 1.91. The number of aromatic nitrogens is 4. The van der Waals surface area contributed by atoms with Gasteiger partial charge in [0.05, 0.1) is 14.7 Å². The molecule has 0 aliphatic rings. The van der Waals surface area contributed by atoms with Crippen LogP contribution in [-0.4, -0.2) is 29.4 Å². The molecule has 2 aromatic heterocycles. The van der Waals surface area contributed by atoms with Crippen LogP contribution in [0.4, 0.5) is 0 Å². The zero-order valence-corrected chi connectivity index (χ0v) is 12.5. The summed E-state index contributed by atoms with van der Waals surface area (Å²) in [5, 5.41) is 10.6. The van der Waals surface area contributed by atoms with Crippen LogP contribution in [0, 0.1) is 0 Å². The van der Waals surface area contributed by atoms with Crippen molar-refractivity contribution in [2.45, 2.75) is 64.8 Å². The van der Waals surface area contributed by atoms with Gasteiger partial charge in [0.1, 0.15) is 0 Å². The van der Waals surface area contributed by atoms with Crippen LogP contribution in [0.1, 0.15) is 65.4 Å². The fourth-order valence-corrected chi connectivity index (χ4v) is 1.98. The van der Waals surface area contributed by atoms with Gasteiger partial charge >= 0.3 is 5.69 Å². The second kappa shape index (κ2) is 6.70. The zero-order valence-electron chi connectivity index (χ0n) is 26.5. The number of hydrogen-bond acceptors (Lipinski definition) is 4. The van der Waals surface area contributed by atoms with E-state index >= 15 is 0 Å². The molecule has 128 valence electrons. The normalized spacial score (nSPS) is 26.9. The van der Waals surface area contributed by atoms with Crippen molar-refractivity contribution >= 4 is 11.2 Å². The van der Waals surface area contributed by atoms with Crippen molar-refractivity contribution in [2.24, 2.45) is 7.05 Å². The highest BCUT2D eigenvalue weighted by Gasteiger charge is 2.16. The van der Waals surface area contributed by atoms with Crippen molar-refractivity contribution in [3.63, 3.8) is 0 Å². The monoisotopic (exact) mass is 339 g/mol. The Morgan fingerprint density at radius 3 is 2.96 bits per heavy atom. The Morgan fingerprint density at radius 2 is 2.30 bits per heavy atom. The van der Waals surface area contributed by atoms with Crippen molar-refractivity contribution in [2.75, 3.05) is 0 Å². The Bertz CT molecular complexity index is 1290. The van der Waals surface area contributed by atoms with Crippen LogP contribution in [0.5, 0.6) is 0 Å². The number of rotatable bonds is 7. The predicted octanol–water partition coefficient (Wildman–Crippen LogP) is 1.25. The molecule has 0 aliphatic heterocycles. The molecule has 1 atom stereocenters. The number of aryl methyl sites for hydroxylation is 2. The Morgan fingerprint density at radius 1 is 1.52 bits per heavy atom. The van der Waals surface area contributed by atoms with Crippen LogP contribution in [0.25, 0.3) is 11.2 Å². The maximum Gasteiger partial charge on any atom is 0.332 e. The maximum atomic E-state index is 13.3. The van der Waals surface area contributed by atoms with Gasteiger partial charge in [-0.1, -0.05) is 6.92 Å². The lowest BCUT2D eigenvalue weighted by Gasteiger charge is -2.16. The van der Waals surface area contributed by atoms with E-state index in [1.54, 1.807) is 6.92 Å². The zero-order chi connectivity index (χ0) is 29.4. The molecule has 1 unspecified atom stereocenters. The van der Waals surface area contributed by atoms with E-state index in [2.05, 4.69) is 4.98 Å². The van der Waals surface area contributed by atoms with Gasteiger partial charge in [-0.25, -0.2) is 9.78 Å². The van der Waals surface area contributed by atoms with E-state index in [1.165, 1.54) is 10.9 Å². The summed E-state index contributed by atoms with van der Waals surface area (Å²) in [5.41, 5.74) is -8.05. The fourth-order valence-electron chi connectivity index (χ4n) is 1.98. The number of imidazole rings is 1. The third-order valence-corrected chi connectivity index (χ3v) is 2.96. The van der Waals surface area contributed by atoms with Gasteiger partial charge in [-0.05, 0) is 39.2 Å². The first-order valence-electron chi connectivity index (χ1n) is 13.7. The first kappa shape index (κ1) is 6.55. The highest BCUT2D eigenvalue weighted by atomic mass is 16.3. The minimum atomic E-state index is -4.55. The highest BCUT2D eigenvalue weighted by Crippen LogP contribution is 2.12. The largest absolute Gasteiger partial charge is 0.390 e. The number of nitrogens with zero attached hydrogens (tertiary/aromatic N) is 4. The molecule has 2 rings (SSSR count). The third-order valence-electron chi connectivity index (χ3n) is 2.96. The minimum absolute atomic E-state index is 0.174. The van der Waals surface area contributed by atoms with E-state index in [4.69, 9.17) is 19.2 Å². The predicted molar refractivity (Wildman–Crippen MR) is 89.7 cm³/mol. The fraction of sp³-hybridized carbons (Fsp3) is 0.688. The summed E-state index contributed by atoms with van der Waals surface area (Å²) in [6.45, 7) is -10.5. The van der Waals surface area contributed by atoms with E-state index in [9.17, 15) is 14.7 Å². The number of fused-ring (bicyclic) bond motifs is 1. The second-order valence-corrected chi connectivity index (χ2v) is 4.79. The summed E-state index contributed by atoms with van der Waals surface area (Å²) in [5.74, 6) is 0. The molecule has 23 heavy (non-hydrogen) atoms. The number of hydrogen-bond donors (Lipinski definition) is 1. The Labute approximate surface area is 154 Å². The van der Waals surface area contributed by atoms with Gasteiger partial charge in [0.2, 0.25) is 0 Å². The van der Waals surface area contributed by atoms with Gasteiger partial charge in [-0.3, -0.25) is 13.9 Å². The van der Waals surface area contributed by atoms with Gasteiger partial charge < -0.3 is 9.67 Å². The standard InChI is InChI=1S/C16H26N4O3/c1-5-9-19-11-17-13-12(19)14(21)20(15(22)18(13)4)10-7-6-8-16(2,3)23/h11,23H,5-10H2,1-4H3/i2D3,3T3,6D2,7D2,8D2,10D2. The molecule has 0 radical (unpaired) electrons. The Hall–Kier alpha value is -1.89. The van der Waals surface area contributed by atoms with E-state index in [1.807, 2.05) is 0 Å². The minimum Gasteiger partial charge on any atom is -0.390 e. The molecule has 7 nitrogen and oxygen atoms in total. The second-order valence-electron chi connectivity index (χ2n) is 4.79. The summed E-state index contributed by atoms with van der Waals surface area (Å²) in [7, 11) is 1.07. The molecular formula is C16H26N4O3. The van der Waals surface area contributed by atoms with E-state index in [0.717, 1.165) is 7.05 Å². The lowest BCUT2D eigenvalue weighted by Crippen LogP contribution is -2.39. The average molecular weight is 340 g/mol. The van der Waals surface area contributed by atoms with Crippen LogP contribution < -0.4 is 11.2 Å². The molecule has 0 spiro atoms. The molecule has 0 aliphatic carbocycles. The molecule has 1 N–H and O–H groups in total. The van der Waals surface area contributed by atoms with E-state index < -0.39 is 56.2 Å². The smallest absolute Gasteiger partial charge is 0.332 e. The SMILES string of the molecule is [2H]C([2H])([2H])C(O)(C([3H])([3H])[3H])C([2H])([2H])C([2H])([2H])C([2H])([2H])C([2H])([2H])n1c(=O)c2c(ncn2CCC)n(C)c1=O. The summed E-state index contributed by atoms with van der Waals surface area (Å²) >= 11 is 0. The molecule has 7 heteroatoms. The first-order chi connectivity index (χ1) is 16.3. The van der Waals surface area contributed by atoms with E-state index in [0.29, 0.717) is 11.0 Å². The molecule has 0 saturated heterocycles. The van der Waals surface area contributed by atoms with Crippen molar-refractivity contribution in [1.82, 2.24) is 18.7 Å². The molecule has 0 bridgehead atoms. The molecule has 0 aromatic carbocycles. The lowest BCUT2D eigenvalue weighted by atomic mass is 10.0. The van der Waals surface area contributed by atoms with Crippen LogP contribution >= 0.6 is 0 Å².